The largest absolute Gasteiger partial charge is 0.486 e. The first-order valence-corrected chi connectivity index (χ1v) is 9.68. The molecular formula is C19H19N5O3S. The maximum Gasteiger partial charge on any atom is 0.234 e. The Labute approximate surface area is 166 Å². The van der Waals surface area contributed by atoms with Gasteiger partial charge in [-0.3, -0.25) is 4.79 Å². The predicted molar refractivity (Wildman–Crippen MR) is 107 cm³/mol. The Morgan fingerprint density at radius 1 is 1.18 bits per heavy atom. The van der Waals surface area contributed by atoms with Gasteiger partial charge in [0.05, 0.1) is 5.75 Å². The fraction of sp³-hybridized carbons (Fsp3) is 0.211. The number of carbonyl (C=O) groups excluding carboxylic acids is 1. The first kappa shape index (κ1) is 18.2. The molecular weight excluding hydrogens is 378 g/mol. The number of rotatable bonds is 5. The SMILES string of the molecule is Cc1cccc(-c2nnc(SCC(=O)Nc3ccc4c(c3)OCCO4)n2N)c1. The monoisotopic (exact) mass is 397 g/mol. The quantitative estimate of drug-likeness (QED) is 0.503. The van der Waals surface area contributed by atoms with Crippen LogP contribution in [0.2, 0.25) is 0 Å². The molecule has 0 atom stereocenters. The van der Waals surface area contributed by atoms with Crippen molar-refractivity contribution in [1.82, 2.24) is 14.9 Å². The lowest BCUT2D eigenvalue weighted by atomic mass is 10.1. The average Bonchev–Trinajstić information content (AvgIpc) is 3.07. The number of nitrogen functional groups attached to an aromatic ring is 1. The minimum Gasteiger partial charge on any atom is -0.486 e. The summed E-state index contributed by atoms with van der Waals surface area (Å²) in [4.78, 5) is 12.3. The molecule has 0 spiro atoms. The molecule has 1 aliphatic rings. The molecule has 1 aliphatic heterocycles. The number of anilines is 1. The highest BCUT2D eigenvalue weighted by atomic mass is 32.2. The number of hydrogen-bond acceptors (Lipinski definition) is 7. The molecule has 28 heavy (non-hydrogen) atoms. The zero-order valence-corrected chi connectivity index (χ0v) is 16.0. The highest BCUT2D eigenvalue weighted by Crippen LogP contribution is 2.32. The molecule has 3 aromatic rings. The maximum atomic E-state index is 12.3. The van der Waals surface area contributed by atoms with Crippen LogP contribution >= 0.6 is 11.8 Å². The van der Waals surface area contributed by atoms with Gasteiger partial charge >= 0.3 is 0 Å². The summed E-state index contributed by atoms with van der Waals surface area (Å²) in [6.45, 7) is 3.02. The number of carbonyl (C=O) groups is 1. The number of thioether (sulfide) groups is 1. The molecule has 0 fully saturated rings. The van der Waals surface area contributed by atoms with Crippen LogP contribution in [0, 0.1) is 6.92 Å². The smallest absolute Gasteiger partial charge is 0.234 e. The van der Waals surface area contributed by atoms with Gasteiger partial charge in [-0.2, -0.15) is 0 Å². The molecule has 0 aliphatic carbocycles. The second-order valence-corrected chi connectivity index (χ2v) is 7.18. The van der Waals surface area contributed by atoms with Crippen molar-refractivity contribution >= 4 is 23.4 Å². The minimum atomic E-state index is -0.179. The molecule has 0 saturated carbocycles. The topological polar surface area (TPSA) is 104 Å². The van der Waals surface area contributed by atoms with E-state index >= 15 is 0 Å². The van der Waals surface area contributed by atoms with Crippen LogP contribution in [0.5, 0.6) is 11.5 Å². The van der Waals surface area contributed by atoms with Crippen molar-refractivity contribution in [3.63, 3.8) is 0 Å². The second-order valence-electron chi connectivity index (χ2n) is 6.24. The Bertz CT molecular complexity index is 1020. The zero-order valence-electron chi connectivity index (χ0n) is 15.2. The van der Waals surface area contributed by atoms with Crippen molar-refractivity contribution in [2.75, 3.05) is 30.1 Å². The third-order valence-corrected chi connectivity index (χ3v) is 5.04. The number of nitrogens with one attached hydrogen (secondary N) is 1. The number of fused-ring (bicyclic) bond motifs is 1. The van der Waals surface area contributed by atoms with E-state index in [4.69, 9.17) is 15.3 Å². The molecule has 0 saturated heterocycles. The molecule has 4 rings (SSSR count). The number of amides is 1. The minimum absolute atomic E-state index is 0.150. The Hall–Kier alpha value is -3.20. The third kappa shape index (κ3) is 3.89. The fourth-order valence-electron chi connectivity index (χ4n) is 2.80. The summed E-state index contributed by atoms with van der Waals surface area (Å²) in [5, 5.41) is 11.5. The van der Waals surface area contributed by atoms with Gasteiger partial charge in [-0.25, -0.2) is 4.68 Å². The van der Waals surface area contributed by atoms with E-state index in [1.165, 1.54) is 16.4 Å². The molecule has 2 heterocycles. The number of hydrogen-bond donors (Lipinski definition) is 2. The summed E-state index contributed by atoms with van der Waals surface area (Å²) >= 11 is 1.22. The number of benzene rings is 2. The van der Waals surface area contributed by atoms with Crippen molar-refractivity contribution in [1.29, 1.82) is 0 Å². The van der Waals surface area contributed by atoms with Crippen molar-refractivity contribution in [2.45, 2.75) is 12.1 Å². The van der Waals surface area contributed by atoms with E-state index in [1.54, 1.807) is 18.2 Å². The van der Waals surface area contributed by atoms with E-state index in [2.05, 4.69) is 15.5 Å². The summed E-state index contributed by atoms with van der Waals surface area (Å²) in [7, 11) is 0. The molecule has 2 aromatic carbocycles. The molecule has 0 unspecified atom stereocenters. The molecule has 3 N–H and O–H groups in total. The lowest BCUT2D eigenvalue weighted by molar-refractivity contribution is -0.113. The number of aromatic nitrogens is 3. The first-order valence-electron chi connectivity index (χ1n) is 8.70. The van der Waals surface area contributed by atoms with Crippen LogP contribution < -0.4 is 20.6 Å². The Balaban J connectivity index is 1.39. The number of aryl methyl sites for hydroxylation is 1. The molecule has 1 aromatic heterocycles. The van der Waals surface area contributed by atoms with Gasteiger partial charge < -0.3 is 20.6 Å². The fourth-order valence-corrected chi connectivity index (χ4v) is 3.46. The van der Waals surface area contributed by atoms with E-state index < -0.39 is 0 Å². The number of nitrogens with two attached hydrogens (primary N) is 1. The van der Waals surface area contributed by atoms with Gasteiger partial charge in [0.2, 0.25) is 11.1 Å². The van der Waals surface area contributed by atoms with Gasteiger partial charge in [0.15, 0.2) is 17.3 Å². The lowest BCUT2D eigenvalue weighted by Crippen LogP contribution is -2.18. The summed E-state index contributed by atoms with van der Waals surface area (Å²) in [6, 6.07) is 13.1. The molecule has 0 bridgehead atoms. The Morgan fingerprint density at radius 3 is 2.82 bits per heavy atom. The highest BCUT2D eigenvalue weighted by molar-refractivity contribution is 7.99. The summed E-state index contributed by atoms with van der Waals surface area (Å²) < 4.78 is 12.4. The van der Waals surface area contributed by atoms with E-state index in [9.17, 15) is 4.79 Å². The average molecular weight is 397 g/mol. The first-order chi connectivity index (χ1) is 13.6. The van der Waals surface area contributed by atoms with Crippen LogP contribution in [-0.2, 0) is 4.79 Å². The Kier molecular flexibility index (Phi) is 5.07. The van der Waals surface area contributed by atoms with Crippen molar-refractivity contribution < 1.29 is 14.3 Å². The van der Waals surface area contributed by atoms with Gasteiger partial charge in [0.1, 0.15) is 13.2 Å². The lowest BCUT2D eigenvalue weighted by Gasteiger charge is -2.18. The van der Waals surface area contributed by atoms with Crippen molar-refractivity contribution in [2.24, 2.45) is 0 Å². The van der Waals surface area contributed by atoms with Gasteiger partial charge in [-0.1, -0.05) is 35.5 Å². The van der Waals surface area contributed by atoms with Crippen molar-refractivity contribution in [3.05, 3.63) is 48.0 Å². The summed E-state index contributed by atoms with van der Waals surface area (Å²) in [6.07, 6.45) is 0. The Morgan fingerprint density at radius 2 is 2.00 bits per heavy atom. The van der Waals surface area contributed by atoms with Crippen LogP contribution in [0.25, 0.3) is 11.4 Å². The van der Waals surface area contributed by atoms with Crippen LogP contribution in [0.1, 0.15) is 5.56 Å². The molecule has 144 valence electrons. The molecule has 1 amide bonds. The maximum absolute atomic E-state index is 12.3. The van der Waals surface area contributed by atoms with Gasteiger partial charge in [-0.05, 0) is 25.1 Å². The molecule has 8 nitrogen and oxygen atoms in total. The summed E-state index contributed by atoms with van der Waals surface area (Å²) in [5.41, 5.74) is 2.63. The van der Waals surface area contributed by atoms with Gasteiger partial charge in [-0.15, -0.1) is 10.2 Å². The zero-order chi connectivity index (χ0) is 19.5. The molecule has 0 radical (unpaired) electrons. The van der Waals surface area contributed by atoms with Crippen LogP contribution in [0.15, 0.2) is 47.6 Å². The van der Waals surface area contributed by atoms with E-state index in [1.807, 2.05) is 31.2 Å². The van der Waals surface area contributed by atoms with E-state index in [0.717, 1.165) is 11.1 Å². The van der Waals surface area contributed by atoms with E-state index in [0.29, 0.717) is 41.4 Å². The standard InChI is InChI=1S/C19H19N5O3S/c1-12-3-2-4-13(9-12)18-22-23-19(24(18)20)28-11-17(25)21-14-5-6-15-16(10-14)27-8-7-26-15/h2-6,9-10H,7-8,11,20H2,1H3,(H,21,25). The van der Waals surface area contributed by atoms with Gasteiger partial charge in [0, 0.05) is 17.3 Å². The summed E-state index contributed by atoms with van der Waals surface area (Å²) in [5.74, 6) is 7.94. The number of ether oxygens (including phenoxy) is 2. The van der Waals surface area contributed by atoms with E-state index in [-0.39, 0.29) is 11.7 Å². The van der Waals surface area contributed by atoms with Crippen molar-refractivity contribution in [3.8, 4) is 22.9 Å². The van der Waals surface area contributed by atoms with Crippen LogP contribution in [0.3, 0.4) is 0 Å². The predicted octanol–water partition coefficient (Wildman–Crippen LogP) is 2.47. The highest BCUT2D eigenvalue weighted by Gasteiger charge is 2.15. The van der Waals surface area contributed by atoms with Crippen LogP contribution in [-0.4, -0.2) is 39.7 Å². The second kappa shape index (κ2) is 7.81. The van der Waals surface area contributed by atoms with Gasteiger partial charge in [0.25, 0.3) is 0 Å². The number of nitrogens with zero attached hydrogens (tertiary/aromatic N) is 3. The third-order valence-electron chi connectivity index (χ3n) is 4.10. The van der Waals surface area contributed by atoms with Crippen LogP contribution in [0.4, 0.5) is 5.69 Å². The molecule has 9 heteroatoms. The normalized spacial score (nSPS) is 12.6.